The van der Waals surface area contributed by atoms with Crippen molar-refractivity contribution < 1.29 is 31.9 Å². The number of aryl methyl sites for hydroxylation is 1. The Hall–Kier alpha value is -5.26. The molecular weight excluding hydrogens is 542 g/mol. The van der Waals surface area contributed by atoms with Gasteiger partial charge in [-0.25, -0.2) is 9.18 Å². The Morgan fingerprint density at radius 2 is 1.76 bits per heavy atom. The molecule has 0 unspecified atom stereocenters. The molecule has 1 aliphatic heterocycles. The molecule has 0 saturated heterocycles. The van der Waals surface area contributed by atoms with Gasteiger partial charge in [0.25, 0.3) is 5.91 Å². The molecule has 1 aliphatic rings. The number of fused-ring (bicyclic) bond motifs is 1. The zero-order valence-electron chi connectivity index (χ0n) is 21.7. The summed E-state index contributed by atoms with van der Waals surface area (Å²) in [5, 5.41) is 10.7. The van der Waals surface area contributed by atoms with Gasteiger partial charge in [-0.15, -0.1) is 0 Å². The number of carbonyl (C=O) groups is 2. The van der Waals surface area contributed by atoms with Crippen molar-refractivity contribution in [2.24, 2.45) is 0 Å². The lowest BCUT2D eigenvalue weighted by atomic mass is 10.1. The summed E-state index contributed by atoms with van der Waals surface area (Å²) in [4.78, 5) is 28.2. The van der Waals surface area contributed by atoms with Gasteiger partial charge in [0.1, 0.15) is 0 Å². The molecule has 2 heterocycles. The number of carbonyl (C=O) groups excluding carboxylic acids is 2. The summed E-state index contributed by atoms with van der Waals surface area (Å²) in [5.74, 6) is -2.03. The number of methoxy groups -OCH3 is 1. The van der Waals surface area contributed by atoms with Gasteiger partial charge < -0.3 is 31.0 Å². The lowest BCUT2D eigenvalue weighted by Crippen LogP contribution is -2.21. The quantitative estimate of drug-likeness (QED) is 0.124. The molecule has 0 radical (unpaired) electrons. The molecule has 0 saturated carbocycles. The molecule has 0 atom stereocenters. The van der Waals surface area contributed by atoms with E-state index in [0.717, 1.165) is 23.9 Å². The van der Waals surface area contributed by atoms with E-state index >= 15 is 0 Å². The third-order valence-electron chi connectivity index (χ3n) is 6.33. The van der Waals surface area contributed by atoms with E-state index in [2.05, 4.69) is 31.0 Å². The molecule has 0 aliphatic carbocycles. The Balaban J connectivity index is 1.32. The monoisotopic (exact) mass is 565 g/mol. The number of aromatic nitrogens is 1. The van der Waals surface area contributed by atoms with Crippen LogP contribution in [0.2, 0.25) is 0 Å². The van der Waals surface area contributed by atoms with Crippen molar-refractivity contribution >= 4 is 52.0 Å². The van der Waals surface area contributed by atoms with Gasteiger partial charge in [0, 0.05) is 34.5 Å². The Labute approximate surface area is 231 Å². The van der Waals surface area contributed by atoms with E-state index in [1.165, 1.54) is 0 Å². The number of urea groups is 1. The highest BCUT2D eigenvalue weighted by Gasteiger charge is 2.33. The minimum atomic E-state index is -4.77. The Bertz CT molecular complexity index is 1680. The topological polar surface area (TPSA) is 107 Å². The van der Waals surface area contributed by atoms with Crippen LogP contribution in [0.4, 0.5) is 50.8 Å². The number of aromatic amines is 1. The fraction of sp³-hybridized carbons (Fsp3) is 0.103. The van der Waals surface area contributed by atoms with Gasteiger partial charge in [0.15, 0.2) is 11.6 Å². The van der Waals surface area contributed by atoms with Crippen LogP contribution in [0.15, 0.2) is 66.9 Å². The Kier molecular flexibility index (Phi) is 7.14. The first-order valence-corrected chi connectivity index (χ1v) is 12.2. The van der Waals surface area contributed by atoms with Crippen molar-refractivity contribution in [1.82, 2.24) is 4.98 Å². The maximum Gasteiger partial charge on any atom is 0.416 e. The zero-order chi connectivity index (χ0) is 29.3. The normalized spacial score (nSPS) is 13.5. The average Bonchev–Trinajstić information content (AvgIpc) is 3.54. The second kappa shape index (κ2) is 10.7. The Morgan fingerprint density at radius 3 is 2.46 bits per heavy atom. The van der Waals surface area contributed by atoms with Crippen molar-refractivity contribution in [2.45, 2.75) is 13.1 Å². The van der Waals surface area contributed by atoms with Gasteiger partial charge in [0.2, 0.25) is 0 Å². The fourth-order valence-corrected chi connectivity index (χ4v) is 4.28. The number of nitrogens with one attached hydrogen (secondary N) is 5. The molecule has 0 bridgehead atoms. The maximum atomic E-state index is 14.6. The maximum absolute atomic E-state index is 14.6. The highest BCUT2D eigenvalue weighted by Crippen LogP contribution is 2.37. The number of hydrogen-bond acceptors (Lipinski definition) is 4. The van der Waals surface area contributed by atoms with E-state index < -0.39 is 35.0 Å². The van der Waals surface area contributed by atoms with E-state index in [4.69, 9.17) is 0 Å². The summed E-state index contributed by atoms with van der Waals surface area (Å²) >= 11 is 0. The number of hydrogen-bond donors (Lipinski definition) is 5. The molecule has 5 N–H and O–H groups in total. The van der Waals surface area contributed by atoms with Crippen molar-refractivity contribution in [3.8, 4) is 5.75 Å². The molecule has 8 nitrogen and oxygen atoms in total. The average molecular weight is 566 g/mol. The summed E-state index contributed by atoms with van der Waals surface area (Å²) in [5.41, 5.74) is 3.22. The number of anilines is 5. The predicted molar refractivity (Wildman–Crippen MR) is 149 cm³/mol. The van der Waals surface area contributed by atoms with E-state index in [1.807, 2.05) is 25.1 Å². The number of alkyl halides is 3. The Morgan fingerprint density at radius 1 is 0.976 bits per heavy atom. The molecule has 41 heavy (non-hydrogen) atoms. The van der Waals surface area contributed by atoms with Crippen LogP contribution in [-0.2, 0) is 11.0 Å². The van der Waals surface area contributed by atoms with Gasteiger partial charge in [-0.3, -0.25) is 4.79 Å². The third kappa shape index (κ3) is 5.86. The zero-order valence-corrected chi connectivity index (χ0v) is 21.7. The largest absolute Gasteiger partial charge is 0.494 e. The molecule has 5 rings (SSSR count). The summed E-state index contributed by atoms with van der Waals surface area (Å²) in [6.45, 7) is 1.84. The van der Waals surface area contributed by atoms with Gasteiger partial charge in [0.05, 0.1) is 29.6 Å². The van der Waals surface area contributed by atoms with Gasteiger partial charge in [-0.1, -0.05) is 12.1 Å². The molecule has 0 fully saturated rings. The standard InChI is InChI=1S/C29H23F4N5O3/c1-15-5-6-19(36-28(40)38-24-10-16(29(31,32)33)11-25(41-2)26(24)30)13-22(15)35-18-7-8-20-21(12-17-4-3-9-34-17)27(39)37-23(20)14-18/h3-14,34-35H,1-2H3,(H,37,39)(H2,36,38,40)/b21-12-. The molecule has 3 aromatic carbocycles. The van der Waals surface area contributed by atoms with Crippen LogP contribution in [0.25, 0.3) is 11.6 Å². The summed E-state index contributed by atoms with van der Waals surface area (Å²) in [6, 6.07) is 14.0. The number of amides is 3. The van der Waals surface area contributed by atoms with Crippen LogP contribution in [0, 0.1) is 12.7 Å². The van der Waals surface area contributed by atoms with E-state index in [1.54, 1.807) is 42.6 Å². The van der Waals surface area contributed by atoms with Crippen LogP contribution in [0.5, 0.6) is 5.75 Å². The molecule has 3 amide bonds. The lowest BCUT2D eigenvalue weighted by molar-refractivity contribution is -0.137. The minimum absolute atomic E-state index is 0.227. The van der Waals surface area contributed by atoms with Crippen LogP contribution in [-0.4, -0.2) is 24.0 Å². The fourth-order valence-electron chi connectivity index (χ4n) is 4.28. The van der Waals surface area contributed by atoms with Crippen LogP contribution < -0.4 is 26.0 Å². The number of halogens is 4. The first-order valence-electron chi connectivity index (χ1n) is 12.2. The highest BCUT2D eigenvalue weighted by atomic mass is 19.4. The molecule has 12 heteroatoms. The summed E-state index contributed by atoms with van der Waals surface area (Å²) in [7, 11) is 1.03. The van der Waals surface area contributed by atoms with E-state index in [9.17, 15) is 27.2 Å². The van der Waals surface area contributed by atoms with Crippen LogP contribution in [0.3, 0.4) is 0 Å². The molecule has 1 aromatic heterocycles. The van der Waals surface area contributed by atoms with Gasteiger partial charge in [-0.2, -0.15) is 13.2 Å². The number of benzene rings is 3. The molecule has 0 spiro atoms. The van der Waals surface area contributed by atoms with Crippen molar-refractivity contribution in [3.63, 3.8) is 0 Å². The van der Waals surface area contributed by atoms with Gasteiger partial charge >= 0.3 is 12.2 Å². The number of ether oxygens (including phenoxy) is 1. The second-order valence-electron chi connectivity index (χ2n) is 9.17. The second-order valence-corrected chi connectivity index (χ2v) is 9.17. The molecule has 210 valence electrons. The molecule has 4 aromatic rings. The van der Waals surface area contributed by atoms with E-state index in [0.29, 0.717) is 40.5 Å². The summed E-state index contributed by atoms with van der Waals surface area (Å²) < 4.78 is 58.9. The van der Waals surface area contributed by atoms with E-state index in [-0.39, 0.29) is 5.91 Å². The smallest absolute Gasteiger partial charge is 0.416 e. The van der Waals surface area contributed by atoms with Crippen molar-refractivity contribution in [3.05, 3.63) is 95.1 Å². The lowest BCUT2D eigenvalue weighted by Gasteiger charge is -2.15. The van der Waals surface area contributed by atoms with Crippen molar-refractivity contribution in [2.75, 3.05) is 28.4 Å². The van der Waals surface area contributed by atoms with Crippen LogP contribution >= 0.6 is 0 Å². The van der Waals surface area contributed by atoms with Gasteiger partial charge in [-0.05, 0) is 67.1 Å². The molecular formula is C29H23F4N5O3. The SMILES string of the molecule is COc1cc(C(F)(F)F)cc(NC(=O)Nc2ccc(C)c(Nc3ccc4c(c3)NC(=O)/C4=C\c3ccc[nH]3)c2)c1F. The number of H-pyrrole nitrogens is 1. The van der Waals surface area contributed by atoms with Crippen molar-refractivity contribution in [1.29, 1.82) is 0 Å². The summed E-state index contributed by atoms with van der Waals surface area (Å²) in [6.07, 6.45) is -1.24. The first-order chi connectivity index (χ1) is 19.5. The minimum Gasteiger partial charge on any atom is -0.494 e. The highest BCUT2D eigenvalue weighted by molar-refractivity contribution is 6.35. The third-order valence-corrected chi connectivity index (χ3v) is 6.33. The predicted octanol–water partition coefficient (Wildman–Crippen LogP) is 7.37. The van der Waals surface area contributed by atoms with Crippen LogP contribution in [0.1, 0.15) is 22.4 Å². The number of rotatable bonds is 6. The first kappa shape index (κ1) is 27.3.